The number of pyridine rings is 1. The van der Waals surface area contributed by atoms with Crippen LogP contribution in [0.25, 0.3) is 10.9 Å². The van der Waals surface area contributed by atoms with Crippen LogP contribution >= 0.6 is 0 Å². The summed E-state index contributed by atoms with van der Waals surface area (Å²) in [6.07, 6.45) is 1.99. The van der Waals surface area contributed by atoms with Crippen LogP contribution in [0.3, 0.4) is 0 Å². The van der Waals surface area contributed by atoms with Crippen molar-refractivity contribution in [3.05, 3.63) is 40.4 Å². The van der Waals surface area contributed by atoms with Gasteiger partial charge in [-0.3, -0.25) is 4.79 Å². The summed E-state index contributed by atoms with van der Waals surface area (Å²) < 4.78 is 35.9. The summed E-state index contributed by atoms with van der Waals surface area (Å²) in [5, 5.41) is -0.231. The highest BCUT2D eigenvalue weighted by Crippen LogP contribution is 2.13. The Morgan fingerprint density at radius 1 is 1.31 bits per heavy atom. The molecule has 1 aromatic heterocycles. The molecule has 4 nitrogen and oxygen atoms in total. The van der Waals surface area contributed by atoms with E-state index < -0.39 is 26.0 Å². The summed E-state index contributed by atoms with van der Waals surface area (Å²) in [4.78, 5) is 13.9. The van der Waals surface area contributed by atoms with Crippen LogP contribution in [0.2, 0.25) is 0 Å². The molecule has 16 heavy (non-hydrogen) atoms. The Kier molecular flexibility index (Phi) is 2.31. The summed E-state index contributed by atoms with van der Waals surface area (Å²) in [5.41, 5.74) is -0.535. The number of sulfone groups is 1. The first-order valence-electron chi connectivity index (χ1n) is 4.41. The van der Waals surface area contributed by atoms with Gasteiger partial charge in [0.2, 0.25) is 5.43 Å². The van der Waals surface area contributed by atoms with Gasteiger partial charge in [-0.15, -0.1) is 0 Å². The number of aromatic nitrogens is 1. The van der Waals surface area contributed by atoms with Crippen molar-refractivity contribution in [3.63, 3.8) is 0 Å². The van der Waals surface area contributed by atoms with Gasteiger partial charge in [-0.1, -0.05) is 6.07 Å². The third kappa shape index (κ3) is 1.61. The molecule has 0 bridgehead atoms. The van der Waals surface area contributed by atoms with Crippen LogP contribution in [-0.4, -0.2) is 19.7 Å². The predicted octanol–water partition coefficient (Wildman–Crippen LogP) is 1.07. The van der Waals surface area contributed by atoms with Crippen molar-refractivity contribution in [1.82, 2.24) is 4.98 Å². The molecule has 0 aliphatic carbocycles. The Balaban J connectivity index is 3.02. The molecule has 0 saturated carbocycles. The Labute approximate surface area is 90.7 Å². The van der Waals surface area contributed by atoms with Gasteiger partial charge in [-0.25, -0.2) is 12.8 Å². The number of halogens is 1. The standard InChI is InChI=1S/C10H8FNO3S/c1-16(14,15)8-5-12-7-4-2-3-6(11)9(7)10(8)13/h2-5H,1H3,(H,12,13). The average molecular weight is 241 g/mol. The van der Waals surface area contributed by atoms with Crippen LogP contribution in [-0.2, 0) is 9.84 Å². The number of nitrogens with one attached hydrogen (secondary N) is 1. The maximum Gasteiger partial charge on any atom is 0.210 e. The minimum Gasteiger partial charge on any atom is -0.360 e. The average Bonchev–Trinajstić information content (AvgIpc) is 2.16. The fourth-order valence-electron chi connectivity index (χ4n) is 1.48. The van der Waals surface area contributed by atoms with Gasteiger partial charge in [0.15, 0.2) is 9.84 Å². The van der Waals surface area contributed by atoms with E-state index in [1.165, 1.54) is 12.1 Å². The Hall–Kier alpha value is -1.69. The van der Waals surface area contributed by atoms with Gasteiger partial charge in [0.05, 0.1) is 10.9 Å². The van der Waals surface area contributed by atoms with Crippen molar-refractivity contribution in [2.45, 2.75) is 4.90 Å². The molecule has 0 atom stereocenters. The summed E-state index contributed by atoms with van der Waals surface area (Å²) >= 11 is 0. The first-order chi connectivity index (χ1) is 7.41. The van der Waals surface area contributed by atoms with Crippen molar-refractivity contribution in [1.29, 1.82) is 0 Å². The van der Waals surface area contributed by atoms with E-state index in [2.05, 4.69) is 4.98 Å². The van der Waals surface area contributed by atoms with Crippen molar-refractivity contribution in [2.24, 2.45) is 0 Å². The molecule has 0 aliphatic rings. The highest BCUT2D eigenvalue weighted by atomic mass is 32.2. The number of fused-ring (bicyclic) bond motifs is 1. The van der Waals surface area contributed by atoms with Crippen LogP contribution in [0, 0.1) is 5.82 Å². The number of hydrogen-bond acceptors (Lipinski definition) is 3. The molecule has 84 valence electrons. The van der Waals surface area contributed by atoms with Gasteiger partial charge in [-0.2, -0.15) is 0 Å². The van der Waals surface area contributed by atoms with Gasteiger partial charge >= 0.3 is 0 Å². The summed E-state index contributed by atoms with van der Waals surface area (Å²) in [7, 11) is -3.65. The summed E-state index contributed by atoms with van der Waals surface area (Å²) in [6.45, 7) is 0. The van der Waals surface area contributed by atoms with E-state index in [-0.39, 0.29) is 10.9 Å². The third-order valence-electron chi connectivity index (χ3n) is 2.22. The van der Waals surface area contributed by atoms with Crippen LogP contribution in [0.1, 0.15) is 0 Å². The fraction of sp³-hybridized carbons (Fsp3) is 0.100. The van der Waals surface area contributed by atoms with Crippen molar-refractivity contribution in [3.8, 4) is 0 Å². The molecule has 1 heterocycles. The lowest BCUT2D eigenvalue weighted by Crippen LogP contribution is -2.15. The molecule has 1 aromatic carbocycles. The zero-order chi connectivity index (χ0) is 11.9. The van der Waals surface area contributed by atoms with Gasteiger partial charge < -0.3 is 4.98 Å². The fourth-order valence-corrected chi connectivity index (χ4v) is 2.19. The van der Waals surface area contributed by atoms with E-state index in [4.69, 9.17) is 0 Å². The lowest BCUT2D eigenvalue weighted by Gasteiger charge is -2.01. The number of rotatable bonds is 1. The molecular formula is C10H8FNO3S. The van der Waals surface area contributed by atoms with Crippen LogP contribution in [0.5, 0.6) is 0 Å². The number of benzene rings is 1. The van der Waals surface area contributed by atoms with E-state index in [1.807, 2.05) is 0 Å². The summed E-state index contributed by atoms with van der Waals surface area (Å²) in [6, 6.07) is 4.06. The monoisotopic (exact) mass is 241 g/mol. The van der Waals surface area contributed by atoms with Gasteiger partial charge in [0.1, 0.15) is 10.7 Å². The van der Waals surface area contributed by atoms with Crippen molar-refractivity contribution >= 4 is 20.7 Å². The SMILES string of the molecule is CS(=O)(=O)c1c[nH]c2cccc(F)c2c1=O. The second-order valence-corrected chi connectivity index (χ2v) is 5.40. The zero-order valence-electron chi connectivity index (χ0n) is 8.32. The van der Waals surface area contributed by atoms with Crippen molar-refractivity contribution < 1.29 is 12.8 Å². The molecule has 0 radical (unpaired) electrons. The topological polar surface area (TPSA) is 67.0 Å². The lowest BCUT2D eigenvalue weighted by molar-refractivity contribution is 0.600. The Morgan fingerprint density at radius 3 is 2.62 bits per heavy atom. The largest absolute Gasteiger partial charge is 0.360 e. The van der Waals surface area contributed by atoms with E-state index in [1.54, 1.807) is 0 Å². The lowest BCUT2D eigenvalue weighted by atomic mass is 10.2. The number of hydrogen-bond donors (Lipinski definition) is 1. The van der Waals surface area contributed by atoms with E-state index in [0.29, 0.717) is 0 Å². The van der Waals surface area contributed by atoms with Gasteiger partial charge in [-0.05, 0) is 12.1 Å². The van der Waals surface area contributed by atoms with Crippen LogP contribution in [0.4, 0.5) is 4.39 Å². The maximum absolute atomic E-state index is 13.4. The molecule has 2 aromatic rings. The van der Waals surface area contributed by atoms with E-state index in [0.717, 1.165) is 18.5 Å². The third-order valence-corrected chi connectivity index (χ3v) is 3.32. The first kappa shape index (κ1) is 10.8. The molecule has 2 rings (SSSR count). The molecule has 0 saturated heterocycles. The van der Waals surface area contributed by atoms with Gasteiger partial charge in [0.25, 0.3) is 0 Å². The molecular weight excluding hydrogens is 233 g/mol. The molecule has 1 N–H and O–H groups in total. The Morgan fingerprint density at radius 2 is 2.00 bits per heavy atom. The molecule has 0 fully saturated rings. The second-order valence-electron chi connectivity index (χ2n) is 3.42. The minimum atomic E-state index is -3.65. The highest BCUT2D eigenvalue weighted by molar-refractivity contribution is 7.90. The van der Waals surface area contributed by atoms with Crippen LogP contribution in [0.15, 0.2) is 34.1 Å². The zero-order valence-corrected chi connectivity index (χ0v) is 9.14. The molecule has 0 aliphatic heterocycles. The molecule has 0 unspecified atom stereocenters. The minimum absolute atomic E-state index is 0.231. The quantitative estimate of drug-likeness (QED) is 0.812. The maximum atomic E-state index is 13.4. The van der Waals surface area contributed by atoms with Crippen molar-refractivity contribution in [2.75, 3.05) is 6.26 Å². The molecule has 0 spiro atoms. The van der Waals surface area contributed by atoms with Crippen LogP contribution < -0.4 is 5.43 Å². The smallest absolute Gasteiger partial charge is 0.210 e. The second kappa shape index (κ2) is 3.41. The normalized spacial score (nSPS) is 11.9. The molecule has 0 amide bonds. The number of aromatic amines is 1. The number of H-pyrrole nitrogens is 1. The Bertz CT molecular complexity index is 718. The van der Waals surface area contributed by atoms with E-state index >= 15 is 0 Å². The van der Waals surface area contributed by atoms with E-state index in [9.17, 15) is 17.6 Å². The molecule has 6 heteroatoms. The van der Waals surface area contributed by atoms with Gasteiger partial charge in [0, 0.05) is 12.5 Å². The predicted molar refractivity (Wildman–Crippen MR) is 57.6 cm³/mol. The summed E-state index contributed by atoms with van der Waals surface area (Å²) in [5.74, 6) is -0.732. The highest BCUT2D eigenvalue weighted by Gasteiger charge is 2.16. The first-order valence-corrected chi connectivity index (χ1v) is 6.30.